The van der Waals surface area contributed by atoms with Gasteiger partial charge in [0.25, 0.3) is 5.24 Å². The molecule has 0 aliphatic rings. The molecular weight excluding hydrogens is 334 g/mol. The fourth-order valence-electron chi connectivity index (χ4n) is 0.985. The summed E-state index contributed by atoms with van der Waals surface area (Å²) in [5, 5.41) is 18.5. The lowest BCUT2D eigenvalue weighted by atomic mass is 10.1. The topological polar surface area (TPSA) is 84.0 Å². The zero-order chi connectivity index (χ0) is 11.6. The smallest absolute Gasteiger partial charge is 0.276 e. The van der Waals surface area contributed by atoms with Gasteiger partial charge in [0.05, 0.1) is 10.5 Å². The second kappa shape index (κ2) is 4.55. The van der Waals surface area contributed by atoms with Crippen molar-refractivity contribution >= 4 is 45.1 Å². The van der Waals surface area contributed by atoms with Gasteiger partial charge in [0.2, 0.25) is 0 Å². The van der Waals surface area contributed by atoms with Gasteiger partial charge in [-0.3, -0.25) is 14.9 Å². The summed E-state index contributed by atoms with van der Waals surface area (Å²) in [7, 11) is 0. The fraction of sp³-hybridized carbons (Fsp3) is 0. The van der Waals surface area contributed by atoms with E-state index in [2.05, 4.69) is 0 Å². The Morgan fingerprint density at radius 1 is 1.60 bits per heavy atom. The highest BCUT2D eigenvalue weighted by atomic mass is 127. The average Bonchev–Trinajstić information content (AvgIpc) is 2.15. The zero-order valence-corrected chi connectivity index (χ0v) is 9.94. The Morgan fingerprint density at radius 3 is 2.60 bits per heavy atom. The maximum atomic E-state index is 10.9. The Balaban J connectivity index is 3.58. The molecule has 5 nitrogen and oxygen atoms in total. The number of hydrogen-bond acceptors (Lipinski definition) is 4. The molecule has 0 atom stereocenters. The monoisotopic (exact) mass is 336 g/mol. The Bertz CT molecular complexity index is 495. The predicted molar refractivity (Wildman–Crippen MR) is 60.7 cm³/mol. The number of carbonyl (C=O) groups excluding carboxylic acids is 1. The van der Waals surface area contributed by atoms with Crippen molar-refractivity contribution in [3.63, 3.8) is 0 Å². The number of nitriles is 1. The molecule has 7 heteroatoms. The third-order valence-corrected chi connectivity index (χ3v) is 2.93. The largest absolute Gasteiger partial charge is 0.301 e. The van der Waals surface area contributed by atoms with E-state index in [0.717, 1.165) is 0 Å². The number of halogens is 2. The van der Waals surface area contributed by atoms with Crippen molar-refractivity contribution in [3.8, 4) is 6.07 Å². The van der Waals surface area contributed by atoms with Gasteiger partial charge in [-0.15, -0.1) is 0 Å². The number of rotatable bonds is 2. The second-order valence-electron chi connectivity index (χ2n) is 2.47. The van der Waals surface area contributed by atoms with Crippen LogP contribution in [0.25, 0.3) is 0 Å². The Hall–Kier alpha value is -1.20. The van der Waals surface area contributed by atoms with Crippen molar-refractivity contribution in [2.24, 2.45) is 0 Å². The van der Waals surface area contributed by atoms with Crippen molar-refractivity contribution < 1.29 is 9.72 Å². The van der Waals surface area contributed by atoms with E-state index in [1.165, 1.54) is 12.1 Å². The molecule has 0 saturated carbocycles. The number of benzene rings is 1. The Labute approximate surface area is 103 Å². The highest BCUT2D eigenvalue weighted by Crippen LogP contribution is 2.29. The first-order chi connectivity index (χ1) is 6.99. The van der Waals surface area contributed by atoms with Crippen molar-refractivity contribution in [3.05, 3.63) is 36.9 Å². The molecule has 0 spiro atoms. The molecule has 0 amide bonds. The quantitative estimate of drug-likeness (QED) is 0.359. The summed E-state index contributed by atoms with van der Waals surface area (Å²) < 4.78 is 0.0802. The fourth-order valence-corrected chi connectivity index (χ4v) is 2.21. The Kier molecular flexibility index (Phi) is 3.60. The lowest BCUT2D eigenvalue weighted by Gasteiger charge is -2.01. The molecule has 0 heterocycles. The number of hydrogen-bond donors (Lipinski definition) is 0. The van der Waals surface area contributed by atoms with Gasteiger partial charge in [-0.2, -0.15) is 5.26 Å². The molecule has 76 valence electrons. The van der Waals surface area contributed by atoms with Crippen LogP contribution in [0, 0.1) is 25.0 Å². The highest BCUT2D eigenvalue weighted by molar-refractivity contribution is 14.1. The van der Waals surface area contributed by atoms with Crippen LogP contribution in [0.4, 0.5) is 5.69 Å². The van der Waals surface area contributed by atoms with Gasteiger partial charge in [0, 0.05) is 0 Å². The van der Waals surface area contributed by atoms with Crippen LogP contribution in [0.5, 0.6) is 0 Å². The summed E-state index contributed by atoms with van der Waals surface area (Å²) in [6.07, 6.45) is 0. The van der Waals surface area contributed by atoms with Crippen molar-refractivity contribution in [2.45, 2.75) is 0 Å². The van der Waals surface area contributed by atoms with Crippen LogP contribution in [0.2, 0.25) is 0 Å². The summed E-state index contributed by atoms with van der Waals surface area (Å²) >= 11 is 6.85. The van der Waals surface area contributed by atoms with Gasteiger partial charge >= 0.3 is 5.69 Å². The van der Waals surface area contributed by atoms with E-state index in [4.69, 9.17) is 16.9 Å². The first-order valence-electron chi connectivity index (χ1n) is 3.56. The molecule has 0 saturated heterocycles. The molecule has 0 fully saturated rings. The van der Waals surface area contributed by atoms with Crippen LogP contribution in [0.1, 0.15) is 15.9 Å². The minimum Gasteiger partial charge on any atom is -0.276 e. The van der Waals surface area contributed by atoms with E-state index < -0.39 is 10.2 Å². The molecule has 0 bridgehead atoms. The van der Waals surface area contributed by atoms with E-state index in [1.54, 1.807) is 28.7 Å². The third kappa shape index (κ3) is 2.24. The highest BCUT2D eigenvalue weighted by Gasteiger charge is 2.23. The van der Waals surface area contributed by atoms with Gasteiger partial charge in [0.1, 0.15) is 15.2 Å². The summed E-state index contributed by atoms with van der Waals surface area (Å²) in [6, 6.07) is 4.18. The zero-order valence-electron chi connectivity index (χ0n) is 7.03. The van der Waals surface area contributed by atoms with E-state index >= 15 is 0 Å². The van der Waals surface area contributed by atoms with Crippen LogP contribution >= 0.6 is 34.2 Å². The maximum absolute atomic E-state index is 10.9. The second-order valence-corrected chi connectivity index (χ2v) is 3.89. The molecule has 0 aliphatic carbocycles. The van der Waals surface area contributed by atoms with Gasteiger partial charge in [-0.25, -0.2) is 0 Å². The lowest BCUT2D eigenvalue weighted by molar-refractivity contribution is -0.386. The molecular formula is C8H2ClIN2O3. The first kappa shape index (κ1) is 11.9. The van der Waals surface area contributed by atoms with Crippen LogP contribution in [0.3, 0.4) is 0 Å². The normalized spacial score (nSPS) is 9.40. The minimum atomic E-state index is -0.785. The summed E-state index contributed by atoms with van der Waals surface area (Å²) in [4.78, 5) is 20.9. The van der Waals surface area contributed by atoms with Gasteiger partial charge < -0.3 is 0 Å². The van der Waals surface area contributed by atoms with Gasteiger partial charge in [-0.05, 0) is 46.3 Å². The summed E-state index contributed by atoms with van der Waals surface area (Å²) in [5.74, 6) is 0. The molecule has 0 aliphatic heterocycles. The molecule has 15 heavy (non-hydrogen) atoms. The Morgan fingerprint density at radius 2 is 2.20 bits per heavy atom. The molecule has 1 aromatic rings. The third-order valence-electron chi connectivity index (χ3n) is 1.63. The van der Waals surface area contributed by atoms with E-state index in [9.17, 15) is 14.9 Å². The van der Waals surface area contributed by atoms with Crippen molar-refractivity contribution in [2.75, 3.05) is 0 Å². The number of carbonyl (C=O) groups is 1. The van der Waals surface area contributed by atoms with Crippen molar-refractivity contribution in [1.82, 2.24) is 0 Å². The molecule has 1 rings (SSSR count). The van der Waals surface area contributed by atoms with E-state index in [-0.39, 0.29) is 20.4 Å². The number of nitrogens with zero attached hydrogens (tertiary/aromatic N) is 2. The predicted octanol–water partition coefficient (Wildman–Crippen LogP) is 2.45. The van der Waals surface area contributed by atoms with Crippen LogP contribution in [-0.2, 0) is 0 Å². The average molecular weight is 336 g/mol. The standard InChI is InChI=1S/C8H2ClIN2O3/c9-8(13)5-2-1-4(3-11)7(6(5)10)12(14)15/h1-2H. The molecule has 0 N–H and O–H groups in total. The molecule has 0 radical (unpaired) electrons. The summed E-state index contributed by atoms with van der Waals surface area (Å²) in [6.45, 7) is 0. The van der Waals surface area contributed by atoms with Gasteiger partial charge in [0.15, 0.2) is 0 Å². The lowest BCUT2D eigenvalue weighted by Crippen LogP contribution is -2.01. The summed E-state index contributed by atoms with van der Waals surface area (Å²) in [5.41, 5.74) is -0.446. The van der Waals surface area contributed by atoms with Gasteiger partial charge in [-0.1, -0.05) is 0 Å². The minimum absolute atomic E-state index is 0.0305. The first-order valence-corrected chi connectivity index (χ1v) is 5.01. The van der Waals surface area contributed by atoms with Crippen LogP contribution < -0.4 is 0 Å². The van der Waals surface area contributed by atoms with Crippen LogP contribution in [-0.4, -0.2) is 10.2 Å². The van der Waals surface area contributed by atoms with Crippen molar-refractivity contribution in [1.29, 1.82) is 5.26 Å². The van der Waals surface area contributed by atoms with Crippen LogP contribution in [0.15, 0.2) is 12.1 Å². The molecule has 0 aromatic heterocycles. The number of nitro benzene ring substituents is 1. The van der Waals surface area contributed by atoms with E-state index in [0.29, 0.717) is 0 Å². The number of nitro groups is 1. The SMILES string of the molecule is N#Cc1ccc(C(=O)Cl)c(I)c1[N+](=O)[O-]. The molecule has 0 unspecified atom stereocenters. The van der Waals surface area contributed by atoms with E-state index in [1.807, 2.05) is 0 Å². The molecule has 1 aromatic carbocycles. The maximum Gasteiger partial charge on any atom is 0.301 e.